The van der Waals surface area contributed by atoms with Crippen molar-refractivity contribution in [1.29, 1.82) is 5.26 Å². The van der Waals surface area contributed by atoms with Gasteiger partial charge in [-0.1, -0.05) is 0 Å². The summed E-state index contributed by atoms with van der Waals surface area (Å²) >= 11 is 0. The number of carbonyl (C=O) groups excluding carboxylic acids is 1. The average Bonchev–Trinajstić information content (AvgIpc) is 1.81. The van der Waals surface area contributed by atoms with Gasteiger partial charge < -0.3 is 4.74 Å². The van der Waals surface area contributed by atoms with E-state index in [2.05, 4.69) is 4.74 Å². The summed E-state index contributed by atoms with van der Waals surface area (Å²) in [6.07, 6.45) is 0.456. The summed E-state index contributed by atoms with van der Waals surface area (Å²) < 4.78 is 25.9. The fourth-order valence-corrected chi connectivity index (χ4v) is 1.14. The van der Waals surface area contributed by atoms with Gasteiger partial charge in [0.25, 0.3) is 0 Å². The number of rotatable bonds is 4. The first kappa shape index (κ1) is 11.9. The first-order valence-corrected chi connectivity index (χ1v) is 5.65. The first-order chi connectivity index (χ1) is 5.85. The van der Waals surface area contributed by atoms with Crippen LogP contribution in [-0.4, -0.2) is 32.5 Å². The van der Waals surface area contributed by atoms with Crippen molar-refractivity contribution >= 4 is 15.8 Å². The zero-order chi connectivity index (χ0) is 10.5. The molecule has 6 heteroatoms. The second kappa shape index (κ2) is 4.82. The summed E-state index contributed by atoms with van der Waals surface area (Å²) in [4.78, 5) is 10.8. The van der Waals surface area contributed by atoms with E-state index in [1.807, 2.05) is 6.07 Å². The van der Waals surface area contributed by atoms with Crippen molar-refractivity contribution in [2.75, 3.05) is 12.0 Å². The maximum Gasteiger partial charge on any atom is 0.321 e. The maximum atomic E-state index is 10.8. The molecule has 0 saturated heterocycles. The molecule has 0 N–H and O–H groups in total. The monoisotopic (exact) mass is 205 g/mol. The van der Waals surface area contributed by atoms with Crippen molar-refractivity contribution in [1.82, 2.24) is 0 Å². The molecule has 0 saturated carbocycles. The van der Waals surface area contributed by atoms with Gasteiger partial charge >= 0.3 is 5.97 Å². The summed E-state index contributed by atoms with van der Waals surface area (Å²) in [5.74, 6) is -1.45. The van der Waals surface area contributed by atoms with E-state index in [0.717, 1.165) is 6.26 Å². The molecule has 0 unspecified atom stereocenters. The summed E-state index contributed by atoms with van der Waals surface area (Å²) in [5.41, 5.74) is 0. The fourth-order valence-electron chi connectivity index (χ4n) is 0.643. The molecule has 0 aromatic carbocycles. The van der Waals surface area contributed by atoms with Crippen LogP contribution in [0, 0.1) is 11.3 Å². The third kappa shape index (κ3) is 7.28. The molecule has 0 aliphatic rings. The Hall–Kier alpha value is -1.09. The lowest BCUT2D eigenvalue weighted by Crippen LogP contribution is -2.21. The highest BCUT2D eigenvalue weighted by Gasteiger charge is 2.14. The third-order valence-electron chi connectivity index (χ3n) is 1.09. The Morgan fingerprint density at radius 2 is 2.15 bits per heavy atom. The van der Waals surface area contributed by atoms with Crippen molar-refractivity contribution in [2.24, 2.45) is 0 Å². The van der Waals surface area contributed by atoms with Gasteiger partial charge in [0, 0.05) is 6.26 Å². The summed E-state index contributed by atoms with van der Waals surface area (Å²) in [6, 6.07) is 1.81. The quantitative estimate of drug-likeness (QED) is 0.597. The van der Waals surface area contributed by atoms with Gasteiger partial charge in [0.1, 0.15) is 11.9 Å². The SMILES string of the molecule is C[C@H](CC#N)OC(=O)CS(C)(=O)=O. The molecule has 0 radical (unpaired) electrons. The predicted octanol–water partition coefficient (Wildman–Crippen LogP) is -0.124. The molecule has 13 heavy (non-hydrogen) atoms. The van der Waals surface area contributed by atoms with E-state index in [1.54, 1.807) is 0 Å². The van der Waals surface area contributed by atoms with Gasteiger partial charge in [-0.05, 0) is 6.92 Å². The van der Waals surface area contributed by atoms with E-state index in [-0.39, 0.29) is 6.42 Å². The number of esters is 1. The van der Waals surface area contributed by atoms with Crippen molar-refractivity contribution in [3.63, 3.8) is 0 Å². The Labute approximate surface area is 77.2 Å². The lowest BCUT2D eigenvalue weighted by atomic mass is 10.3. The van der Waals surface area contributed by atoms with Crippen LogP contribution in [0.15, 0.2) is 0 Å². The number of nitrogens with zero attached hydrogens (tertiary/aromatic N) is 1. The third-order valence-corrected chi connectivity index (χ3v) is 1.85. The zero-order valence-corrected chi connectivity index (χ0v) is 8.30. The summed E-state index contributed by atoms with van der Waals surface area (Å²) in [6.45, 7) is 1.53. The molecule has 5 nitrogen and oxygen atoms in total. The average molecular weight is 205 g/mol. The normalized spacial score (nSPS) is 13.0. The van der Waals surface area contributed by atoms with Gasteiger partial charge in [0.15, 0.2) is 9.84 Å². The summed E-state index contributed by atoms with van der Waals surface area (Å²) in [7, 11) is -3.34. The van der Waals surface area contributed by atoms with Crippen molar-refractivity contribution < 1.29 is 17.9 Å². The minimum absolute atomic E-state index is 0.0650. The van der Waals surface area contributed by atoms with Crippen LogP contribution >= 0.6 is 0 Å². The van der Waals surface area contributed by atoms with Crippen LogP contribution in [0.2, 0.25) is 0 Å². The van der Waals surface area contributed by atoms with Gasteiger partial charge in [-0.2, -0.15) is 5.26 Å². The maximum absolute atomic E-state index is 10.8. The van der Waals surface area contributed by atoms with E-state index >= 15 is 0 Å². The topological polar surface area (TPSA) is 84.2 Å². The molecule has 0 heterocycles. The molecule has 0 aromatic heterocycles. The van der Waals surface area contributed by atoms with Crippen LogP contribution in [0.1, 0.15) is 13.3 Å². The first-order valence-electron chi connectivity index (χ1n) is 3.59. The Kier molecular flexibility index (Phi) is 4.42. The molecule has 0 aliphatic heterocycles. The van der Waals surface area contributed by atoms with Crippen LogP contribution in [0.3, 0.4) is 0 Å². The smallest absolute Gasteiger partial charge is 0.321 e. The van der Waals surface area contributed by atoms with Crippen molar-refractivity contribution in [3.05, 3.63) is 0 Å². The van der Waals surface area contributed by atoms with Crippen molar-refractivity contribution in [3.8, 4) is 6.07 Å². The lowest BCUT2D eigenvalue weighted by Gasteiger charge is -2.08. The van der Waals surface area contributed by atoms with Gasteiger partial charge in [-0.25, -0.2) is 8.42 Å². The molecule has 0 rings (SSSR count). The molecule has 0 aliphatic carbocycles. The number of ether oxygens (including phenoxy) is 1. The minimum Gasteiger partial charge on any atom is -0.461 e. The van der Waals surface area contributed by atoms with E-state index in [4.69, 9.17) is 5.26 Å². The number of nitriles is 1. The lowest BCUT2D eigenvalue weighted by molar-refractivity contribution is -0.144. The summed E-state index contributed by atoms with van der Waals surface area (Å²) in [5, 5.41) is 8.22. The van der Waals surface area contributed by atoms with Crippen LogP contribution in [0.25, 0.3) is 0 Å². The molecular weight excluding hydrogens is 194 g/mol. The largest absolute Gasteiger partial charge is 0.461 e. The molecule has 0 aromatic rings. The van der Waals surface area contributed by atoms with E-state index in [9.17, 15) is 13.2 Å². The molecule has 0 bridgehead atoms. The highest BCUT2D eigenvalue weighted by molar-refractivity contribution is 7.91. The zero-order valence-electron chi connectivity index (χ0n) is 7.48. The van der Waals surface area contributed by atoms with E-state index in [1.165, 1.54) is 6.92 Å². The van der Waals surface area contributed by atoms with Gasteiger partial charge in [0.05, 0.1) is 12.5 Å². The van der Waals surface area contributed by atoms with Crippen LogP contribution < -0.4 is 0 Å². The van der Waals surface area contributed by atoms with Crippen LogP contribution in [0.5, 0.6) is 0 Å². The van der Waals surface area contributed by atoms with E-state index in [0.29, 0.717) is 0 Å². The Morgan fingerprint density at radius 3 is 2.54 bits per heavy atom. The number of hydrogen-bond donors (Lipinski definition) is 0. The second-order valence-corrected chi connectivity index (χ2v) is 4.87. The van der Waals surface area contributed by atoms with E-state index < -0.39 is 27.7 Å². The van der Waals surface area contributed by atoms with Gasteiger partial charge in [-0.15, -0.1) is 0 Å². The van der Waals surface area contributed by atoms with Crippen LogP contribution in [0.4, 0.5) is 0 Å². The molecule has 0 fully saturated rings. The number of sulfone groups is 1. The van der Waals surface area contributed by atoms with Crippen LogP contribution in [-0.2, 0) is 19.4 Å². The predicted molar refractivity (Wildman–Crippen MR) is 45.5 cm³/mol. The number of hydrogen-bond acceptors (Lipinski definition) is 5. The highest BCUT2D eigenvalue weighted by atomic mass is 32.2. The highest BCUT2D eigenvalue weighted by Crippen LogP contribution is 1.97. The molecule has 1 atom stereocenters. The molecule has 0 spiro atoms. The second-order valence-electron chi connectivity index (χ2n) is 2.73. The minimum atomic E-state index is -3.34. The fraction of sp³-hybridized carbons (Fsp3) is 0.714. The molecular formula is C7H11NO4S. The number of carbonyl (C=O) groups is 1. The Morgan fingerprint density at radius 1 is 1.62 bits per heavy atom. The molecule has 0 amide bonds. The van der Waals surface area contributed by atoms with Crippen molar-refractivity contribution in [2.45, 2.75) is 19.4 Å². The van der Waals surface area contributed by atoms with Gasteiger partial charge in [-0.3, -0.25) is 4.79 Å². The van der Waals surface area contributed by atoms with Gasteiger partial charge in [0.2, 0.25) is 0 Å². The Balaban J connectivity index is 3.97. The molecule has 74 valence electrons. The Bertz CT molecular complexity index is 314. The standard InChI is InChI=1S/C7H11NO4S/c1-6(3-4-8)12-7(9)5-13(2,10)11/h6H,3,5H2,1-2H3/t6-/m1/s1.